The third-order valence-electron chi connectivity index (χ3n) is 0. The molecule has 0 N–H and O–H groups in total. The molecule has 0 unspecified atom stereocenters. The minimum absolute atomic E-state index is 0. The Balaban J connectivity index is -0.00000000973. The van der Waals surface area contributed by atoms with Crippen molar-refractivity contribution in [2.75, 3.05) is 0 Å². The first-order chi connectivity index (χ1) is 12.0. The van der Waals surface area contributed by atoms with E-state index in [2.05, 4.69) is 0 Å². The van der Waals surface area contributed by atoms with E-state index in [-0.39, 0.29) is 288 Å². The van der Waals surface area contributed by atoms with E-state index in [1.54, 1.807) is 0 Å². The van der Waals surface area contributed by atoms with Gasteiger partial charge in [0.2, 0.25) is 288 Å². The molecule has 0 rings (SSSR count). The zero-order valence-electron chi connectivity index (χ0n) is 17.7. The van der Waals surface area contributed by atoms with Crippen molar-refractivity contribution in [3.05, 3.63) is 0 Å². The normalized spacial score (nSPS) is 8.43. The van der Waals surface area contributed by atoms with E-state index in [9.17, 15) is 16.9 Å². The molecule has 0 bridgehead atoms. The van der Waals surface area contributed by atoms with Crippen molar-refractivity contribution in [1.82, 2.24) is 0 Å². The number of rotatable bonds is 0. The quantitative estimate of drug-likeness (QED) is 0.123. The Morgan fingerprint density at radius 2 is 0.214 bits per heavy atom. The maximum absolute atomic E-state index is 10.2. The van der Waals surface area contributed by atoms with Crippen molar-refractivity contribution in [3.8, 4) is 0 Å². The molecule has 0 heterocycles. The molecule has 0 aromatic rings. The number of halogens is 18. The predicted molar refractivity (Wildman–Crippen MR) is 78.8 cm³/mol. The Labute approximate surface area is 471 Å². The fourth-order valence-electron chi connectivity index (χ4n) is 0. The Hall–Kier alpha value is 11.6. The van der Waals surface area contributed by atoms with Crippen LogP contribution < -0.4 is 328 Å². The summed E-state index contributed by atoms with van der Waals surface area (Å²) < 4.78 is 215. The van der Waals surface area contributed by atoms with Crippen LogP contribution in [0.15, 0.2) is 0 Å². The van der Waals surface area contributed by atoms with E-state index in [1.165, 1.54) is 0 Å². The van der Waals surface area contributed by atoms with Gasteiger partial charge in [-0.1, -0.05) is 0 Å². The average molecular weight is 2680 g/mol. The molecular weight excluding hydrogens is 2660 g/mol. The van der Waals surface area contributed by atoms with Crippen LogP contribution in [0.4, 0.5) is 16.9 Å². The number of hydrogen-bond donors (Lipinski definition) is 0. The van der Waals surface area contributed by atoms with Gasteiger partial charge in [0.05, 0.1) is 0 Å². The molecule has 0 aliphatic heterocycles. The fraction of sp³-hybridized carbons (Fsp3) is 0. The second-order valence-corrected chi connectivity index (χ2v) is 17.3. The van der Waals surface area contributed by atoms with Gasteiger partial charge in [0.1, 0.15) is 0 Å². The van der Waals surface area contributed by atoms with Crippen molar-refractivity contribution in [3.63, 3.8) is 0 Å². The summed E-state index contributed by atoms with van der Waals surface area (Å²) in [6.07, 6.45) is 0. The van der Waals surface area contributed by atoms with Gasteiger partial charge < -0.3 is 0 Å². The van der Waals surface area contributed by atoms with Crippen molar-refractivity contribution in [2.24, 2.45) is 0 Å². The van der Waals surface area contributed by atoms with Crippen molar-refractivity contribution in [1.29, 1.82) is 0 Å². The third-order valence-corrected chi connectivity index (χ3v) is 0. The topological polar surface area (TPSA) is 379 Å². The zero-order valence-corrected chi connectivity index (χ0v) is 63.6. The minimum atomic E-state index is -6.35. The first-order valence-electron chi connectivity index (χ1n) is 4.30. The molecule has 0 aliphatic carbocycles. The second-order valence-electron chi connectivity index (χ2n) is 2.58. The summed E-state index contributed by atoms with van der Waals surface area (Å²) in [5.41, 5.74) is 0. The van der Waals surface area contributed by atoms with Crippen molar-refractivity contribution >= 4 is 121 Å². The molecule has 18 nitrogen and oxygen atoms in total. The zero-order chi connectivity index (χ0) is 27.0. The molecule has 0 aromatic carbocycles. The molecule has 0 aromatic heterocycles. The van der Waals surface area contributed by atoms with Crippen LogP contribution in [0.25, 0.3) is 0 Å². The molecule has 0 radical (unpaired) electrons. The van der Waals surface area contributed by atoms with Crippen LogP contribution in [0, 0.1) is 0 Å². The van der Waals surface area contributed by atoms with E-state index in [1.807, 2.05) is 0 Å². The van der Waals surface area contributed by atoms with Gasteiger partial charge in [0, 0.05) is 0 Å². The molecule has 0 fully saturated rings. The summed E-state index contributed by atoms with van der Waals surface area (Å²) in [5, 5.41) is 0. The summed E-state index contributed by atoms with van der Waals surface area (Å²) in [7, 11) is 0. The fourth-order valence-corrected chi connectivity index (χ4v) is 0. The average Bonchev–Trinajstić information content (AvgIpc) is 1.94. The van der Waals surface area contributed by atoms with Gasteiger partial charge in [-0.05, 0) is 0 Å². The van der Waals surface area contributed by atoms with Gasteiger partial charge in [-0.15, -0.1) is 0 Å². The van der Waals surface area contributed by atoms with E-state index < -0.39 is 121 Å². The molecular formula is H24F6I12O18Sb6. The Morgan fingerprint density at radius 1 is 0.214 bits per heavy atom. The molecule has 42 heavy (non-hydrogen) atoms. The van der Waals surface area contributed by atoms with Gasteiger partial charge in [0.15, 0.2) is 0 Å². The summed E-state index contributed by atoms with van der Waals surface area (Å²) in [6.45, 7) is 0. The summed E-state index contributed by atoms with van der Waals surface area (Å²) in [6, 6.07) is 0. The van der Waals surface area contributed by atoms with Crippen LogP contribution in [0.5, 0.6) is 0 Å². The molecule has 0 aliphatic rings. The third kappa shape index (κ3) is 985. The monoisotopic (exact) mass is 2670 g/mol. The van der Waals surface area contributed by atoms with E-state index >= 15 is 0 Å². The van der Waals surface area contributed by atoms with Crippen molar-refractivity contribution in [2.45, 2.75) is 0 Å². The van der Waals surface area contributed by atoms with Gasteiger partial charge >= 0.3 is 197 Å². The van der Waals surface area contributed by atoms with Gasteiger partial charge in [-0.25, -0.2) is 0 Å². The van der Waals surface area contributed by atoms with E-state index in [0.29, 0.717) is 0 Å². The molecule has 0 saturated carbocycles. The van der Waals surface area contributed by atoms with Crippen LogP contribution in [0.3, 0.4) is 0 Å². The first-order valence-corrected chi connectivity index (χ1v) is 28.8. The number of hydrogen-bond acceptors (Lipinski definition) is 18. The SMILES string of the molecule is [IH2+].[IH2+].[IH2+].[IH2+].[IH2+].[IH2+].[IH2+].[IH2+].[IH2+].[IH2+].[IH2+].[IH2+].[O]=[Sb]([O-])([O-])[F].[O]=[Sb]([O-])([O-])[F].[O]=[Sb]([O-])([O-])[F].[O]=[Sb]([O-])([O-])[F].[O]=[Sb]([O-])([O-])[F].[O]=[Sb]([O-])([O-])[F]. The Bertz CT molecular complexity index is 510. The van der Waals surface area contributed by atoms with Crippen LogP contribution in [-0.4, -0.2) is 121 Å². The Kier molecular flexibility index (Phi) is 172. The van der Waals surface area contributed by atoms with Gasteiger partial charge in [-0.2, -0.15) is 0 Å². The molecule has 0 saturated heterocycles. The Morgan fingerprint density at radius 3 is 0.214 bits per heavy atom. The van der Waals surface area contributed by atoms with E-state index in [0.717, 1.165) is 0 Å². The molecule has 0 spiro atoms. The summed E-state index contributed by atoms with van der Waals surface area (Å²) >= 11 is -38.1. The van der Waals surface area contributed by atoms with Crippen molar-refractivity contribution < 1.29 is 363 Å². The summed E-state index contributed by atoms with van der Waals surface area (Å²) in [5.74, 6) is 0. The maximum atomic E-state index is 10.2. The van der Waals surface area contributed by atoms with Gasteiger partial charge in [-0.3, -0.25) is 0 Å². The van der Waals surface area contributed by atoms with Crippen LogP contribution >= 0.6 is 0 Å². The summed E-state index contributed by atoms with van der Waals surface area (Å²) in [4.78, 5) is 0. The molecule has 42 heteroatoms. The van der Waals surface area contributed by atoms with Crippen LogP contribution in [0.1, 0.15) is 0 Å². The van der Waals surface area contributed by atoms with Gasteiger partial charge in [0.25, 0.3) is 0 Å². The van der Waals surface area contributed by atoms with Crippen LogP contribution in [0.2, 0.25) is 0 Å². The second kappa shape index (κ2) is 61.8. The first kappa shape index (κ1) is 117. The molecule has 288 valence electrons. The molecule has 0 amide bonds. The molecule has 0 atom stereocenters. The van der Waals surface area contributed by atoms with E-state index in [4.69, 9.17) is 58.7 Å². The predicted octanol–water partition coefficient (Wildman–Crippen LogP) is -57.1. The van der Waals surface area contributed by atoms with Crippen LogP contribution in [-0.2, 0) is 18.1 Å². The standard InChI is InChI=1S/6FH.12H2I.18O.6Sb/h6*1H;12*1H2;;;;;;;;;;;;;;;;;;;;;;;;/q;;;;;;12*+1;;;;;;;12*-1;6*+1/p-6.